The number of anilines is 1. The largest absolute Gasteiger partial charge is 0.375 e. The second-order valence-corrected chi connectivity index (χ2v) is 5.22. The molecule has 0 saturated carbocycles. The van der Waals surface area contributed by atoms with Gasteiger partial charge in [0, 0.05) is 39.5 Å². The highest BCUT2D eigenvalue weighted by atomic mass is 16.5. The topological polar surface area (TPSA) is 74.8 Å². The molecular weight excluding hydrogens is 284 g/mol. The van der Waals surface area contributed by atoms with Crippen LogP contribution in [0.1, 0.15) is 6.92 Å². The van der Waals surface area contributed by atoms with Gasteiger partial charge in [0.25, 0.3) is 0 Å². The molecule has 1 N–H and O–H groups in total. The zero-order chi connectivity index (χ0) is 15.9. The van der Waals surface area contributed by atoms with Crippen LogP contribution in [0.2, 0.25) is 0 Å². The Morgan fingerprint density at radius 2 is 2.05 bits per heavy atom. The summed E-state index contributed by atoms with van der Waals surface area (Å²) in [6, 6.07) is 5.26. The molecule has 1 unspecified atom stereocenters. The highest BCUT2D eigenvalue weighted by Crippen LogP contribution is 2.13. The van der Waals surface area contributed by atoms with Crippen LogP contribution in [0, 0.1) is 0 Å². The molecule has 0 spiro atoms. The summed E-state index contributed by atoms with van der Waals surface area (Å²) >= 11 is 0. The maximum Gasteiger partial charge on any atom is 0.246 e. The third kappa shape index (κ3) is 4.17. The van der Waals surface area contributed by atoms with Crippen molar-refractivity contribution in [2.75, 3.05) is 44.8 Å². The van der Waals surface area contributed by atoms with Gasteiger partial charge in [-0.3, -0.25) is 9.59 Å². The minimum absolute atomic E-state index is 0.0366. The van der Waals surface area contributed by atoms with E-state index in [1.54, 1.807) is 18.0 Å². The molecule has 0 radical (unpaired) electrons. The molecule has 1 fully saturated rings. The van der Waals surface area contributed by atoms with Gasteiger partial charge >= 0.3 is 0 Å². The number of carbonyl (C=O) groups is 2. The minimum Gasteiger partial charge on any atom is -0.375 e. The fraction of sp³-hybridized carbons (Fsp3) is 0.533. The standard InChI is InChI=1S/C15H22N4O3/c1-12(17-14(20)11-22-2)15(21)19-9-7-18(8-10-19)13-5-3-4-6-16-13/h3-6,12H,7-11H2,1-2H3,(H,17,20). The molecule has 1 atom stereocenters. The Labute approximate surface area is 130 Å². The molecule has 1 aromatic heterocycles. The van der Waals surface area contributed by atoms with E-state index in [9.17, 15) is 9.59 Å². The second-order valence-electron chi connectivity index (χ2n) is 5.22. The predicted molar refractivity (Wildman–Crippen MR) is 82.5 cm³/mol. The van der Waals surface area contributed by atoms with Crippen molar-refractivity contribution in [3.63, 3.8) is 0 Å². The molecule has 22 heavy (non-hydrogen) atoms. The normalized spacial score (nSPS) is 16.3. The quantitative estimate of drug-likeness (QED) is 0.821. The molecule has 2 rings (SSSR count). The zero-order valence-electron chi connectivity index (χ0n) is 13.0. The lowest BCUT2D eigenvalue weighted by atomic mass is 10.2. The third-order valence-electron chi connectivity index (χ3n) is 3.59. The lowest BCUT2D eigenvalue weighted by Gasteiger charge is -2.36. The number of rotatable bonds is 5. The Morgan fingerprint density at radius 1 is 1.32 bits per heavy atom. The number of nitrogens with zero attached hydrogens (tertiary/aromatic N) is 3. The first-order valence-corrected chi connectivity index (χ1v) is 7.35. The number of pyridine rings is 1. The Hall–Kier alpha value is -2.15. The van der Waals surface area contributed by atoms with Crippen molar-refractivity contribution in [3.8, 4) is 0 Å². The lowest BCUT2D eigenvalue weighted by Crippen LogP contribution is -2.54. The number of hydrogen-bond donors (Lipinski definition) is 1. The smallest absolute Gasteiger partial charge is 0.246 e. The monoisotopic (exact) mass is 306 g/mol. The van der Waals surface area contributed by atoms with Crippen molar-refractivity contribution < 1.29 is 14.3 Å². The number of piperazine rings is 1. The van der Waals surface area contributed by atoms with Gasteiger partial charge in [0.1, 0.15) is 18.5 Å². The van der Waals surface area contributed by atoms with Crippen molar-refractivity contribution in [1.82, 2.24) is 15.2 Å². The molecule has 2 amide bonds. The SMILES string of the molecule is COCC(=O)NC(C)C(=O)N1CCN(c2ccccn2)CC1. The van der Waals surface area contributed by atoms with Crippen LogP contribution >= 0.6 is 0 Å². The van der Waals surface area contributed by atoms with Crippen LogP contribution in [0.15, 0.2) is 24.4 Å². The van der Waals surface area contributed by atoms with Gasteiger partial charge in [0.2, 0.25) is 11.8 Å². The van der Waals surface area contributed by atoms with E-state index in [4.69, 9.17) is 4.74 Å². The minimum atomic E-state index is -0.538. The van der Waals surface area contributed by atoms with E-state index >= 15 is 0 Å². The van der Waals surface area contributed by atoms with Gasteiger partial charge in [-0.15, -0.1) is 0 Å². The molecule has 0 aromatic carbocycles. The first-order valence-electron chi connectivity index (χ1n) is 7.35. The maximum absolute atomic E-state index is 12.3. The van der Waals surface area contributed by atoms with Crippen molar-refractivity contribution in [2.24, 2.45) is 0 Å². The van der Waals surface area contributed by atoms with Crippen LogP contribution < -0.4 is 10.2 Å². The summed E-state index contributed by atoms with van der Waals surface area (Å²) < 4.78 is 4.74. The van der Waals surface area contributed by atoms with Crippen molar-refractivity contribution >= 4 is 17.6 Å². The number of nitrogens with one attached hydrogen (secondary N) is 1. The summed E-state index contributed by atoms with van der Waals surface area (Å²) in [5.41, 5.74) is 0. The number of aromatic nitrogens is 1. The summed E-state index contributed by atoms with van der Waals surface area (Å²) in [7, 11) is 1.45. The fourth-order valence-electron chi connectivity index (χ4n) is 2.45. The maximum atomic E-state index is 12.3. The molecule has 7 heteroatoms. The van der Waals surface area contributed by atoms with E-state index in [0.717, 1.165) is 18.9 Å². The molecule has 120 valence electrons. The van der Waals surface area contributed by atoms with Crippen LogP contribution in [-0.4, -0.2) is 67.6 Å². The Balaban J connectivity index is 1.83. The number of carbonyl (C=O) groups excluding carboxylic acids is 2. The number of methoxy groups -OCH3 is 1. The summed E-state index contributed by atoms with van der Waals surface area (Å²) in [4.78, 5) is 32.0. The molecule has 1 aromatic rings. The zero-order valence-corrected chi connectivity index (χ0v) is 13.0. The van der Waals surface area contributed by atoms with Gasteiger partial charge in [-0.1, -0.05) is 6.07 Å². The van der Waals surface area contributed by atoms with Gasteiger partial charge in [-0.05, 0) is 19.1 Å². The van der Waals surface area contributed by atoms with Gasteiger partial charge in [-0.25, -0.2) is 4.98 Å². The Kier molecular flexibility index (Phi) is 5.71. The molecule has 1 aliphatic heterocycles. The number of hydrogen-bond acceptors (Lipinski definition) is 5. The van der Waals surface area contributed by atoms with Crippen LogP contribution in [0.4, 0.5) is 5.82 Å². The van der Waals surface area contributed by atoms with E-state index in [1.165, 1.54) is 7.11 Å². The Bertz CT molecular complexity index is 501. The lowest BCUT2D eigenvalue weighted by molar-refractivity contribution is -0.137. The Morgan fingerprint density at radius 3 is 2.64 bits per heavy atom. The van der Waals surface area contributed by atoms with Crippen molar-refractivity contribution in [1.29, 1.82) is 0 Å². The molecule has 7 nitrogen and oxygen atoms in total. The van der Waals surface area contributed by atoms with E-state index in [-0.39, 0.29) is 18.4 Å². The van der Waals surface area contributed by atoms with Crippen LogP contribution in [0.3, 0.4) is 0 Å². The van der Waals surface area contributed by atoms with Gasteiger partial charge in [0.05, 0.1) is 0 Å². The second kappa shape index (κ2) is 7.74. The fourth-order valence-corrected chi connectivity index (χ4v) is 2.45. The highest BCUT2D eigenvalue weighted by molar-refractivity contribution is 5.87. The highest BCUT2D eigenvalue weighted by Gasteiger charge is 2.26. The van der Waals surface area contributed by atoms with E-state index in [2.05, 4.69) is 15.2 Å². The third-order valence-corrected chi connectivity index (χ3v) is 3.59. The van der Waals surface area contributed by atoms with Crippen molar-refractivity contribution in [2.45, 2.75) is 13.0 Å². The molecule has 1 aliphatic rings. The summed E-state index contributed by atoms with van der Waals surface area (Å²) in [6.45, 7) is 4.38. The predicted octanol–water partition coefficient (Wildman–Crippen LogP) is -0.119. The molecule has 0 bridgehead atoms. The molecular formula is C15H22N4O3. The van der Waals surface area contributed by atoms with Gasteiger partial charge in [0.15, 0.2) is 0 Å². The summed E-state index contributed by atoms with van der Waals surface area (Å²) in [5, 5.41) is 2.64. The van der Waals surface area contributed by atoms with Crippen LogP contribution in [-0.2, 0) is 14.3 Å². The number of amides is 2. The van der Waals surface area contributed by atoms with Gasteiger partial charge < -0.3 is 19.9 Å². The first-order chi connectivity index (χ1) is 10.6. The van der Waals surface area contributed by atoms with E-state index in [1.807, 2.05) is 18.2 Å². The molecule has 1 saturated heterocycles. The van der Waals surface area contributed by atoms with Crippen LogP contribution in [0.25, 0.3) is 0 Å². The van der Waals surface area contributed by atoms with Gasteiger partial charge in [-0.2, -0.15) is 0 Å². The van der Waals surface area contributed by atoms with E-state index < -0.39 is 6.04 Å². The average molecular weight is 306 g/mol. The van der Waals surface area contributed by atoms with Crippen LogP contribution in [0.5, 0.6) is 0 Å². The summed E-state index contributed by atoms with van der Waals surface area (Å²) in [5.74, 6) is 0.580. The summed E-state index contributed by atoms with van der Waals surface area (Å²) in [6.07, 6.45) is 1.76. The molecule has 0 aliphatic carbocycles. The molecule has 2 heterocycles. The van der Waals surface area contributed by atoms with E-state index in [0.29, 0.717) is 13.1 Å². The number of ether oxygens (including phenoxy) is 1. The van der Waals surface area contributed by atoms with Crippen molar-refractivity contribution in [3.05, 3.63) is 24.4 Å². The average Bonchev–Trinajstić information content (AvgIpc) is 2.55. The first kappa shape index (κ1) is 16.2.